The van der Waals surface area contributed by atoms with Crippen LogP contribution in [0.15, 0.2) is 0 Å². The Morgan fingerprint density at radius 2 is 2.16 bits per heavy atom. The molecule has 108 valence electrons. The van der Waals surface area contributed by atoms with Crippen molar-refractivity contribution in [1.29, 1.82) is 0 Å². The first kappa shape index (κ1) is 15.6. The quantitative estimate of drug-likeness (QED) is 0.608. The zero-order valence-electron chi connectivity index (χ0n) is 11.7. The van der Waals surface area contributed by atoms with Gasteiger partial charge in [-0.15, -0.1) is 0 Å². The average molecular weight is 288 g/mol. The first-order valence-electron chi connectivity index (χ1n) is 6.18. The predicted octanol–water partition coefficient (Wildman–Crippen LogP) is 1.63. The first-order valence-corrected chi connectivity index (χ1v) is 7.67. The zero-order chi connectivity index (χ0) is 14.6. The van der Waals surface area contributed by atoms with Gasteiger partial charge in [-0.3, -0.25) is 14.3 Å². The number of hydrogen-bond donors (Lipinski definition) is 1. The van der Waals surface area contributed by atoms with Gasteiger partial charge in [-0.2, -0.15) is 5.10 Å². The van der Waals surface area contributed by atoms with Crippen LogP contribution in [0, 0.1) is 10.1 Å². The van der Waals surface area contributed by atoms with Gasteiger partial charge in [0.1, 0.15) is 5.69 Å². The van der Waals surface area contributed by atoms with E-state index in [1.807, 2.05) is 20.8 Å². The van der Waals surface area contributed by atoms with Crippen molar-refractivity contribution in [3.8, 4) is 0 Å². The van der Waals surface area contributed by atoms with Crippen LogP contribution in [0.5, 0.6) is 0 Å². The summed E-state index contributed by atoms with van der Waals surface area (Å²) in [5.41, 5.74) is 0.478. The number of anilines is 1. The first-order chi connectivity index (χ1) is 8.88. The van der Waals surface area contributed by atoms with E-state index in [0.29, 0.717) is 29.6 Å². The van der Waals surface area contributed by atoms with E-state index in [0.717, 1.165) is 0 Å². The Hall–Kier alpha value is -1.44. The van der Waals surface area contributed by atoms with Crippen molar-refractivity contribution in [2.75, 3.05) is 23.4 Å². The molecule has 0 aliphatic heterocycles. The minimum absolute atomic E-state index is 0.0137. The average Bonchev–Trinajstić information content (AvgIpc) is 2.67. The lowest BCUT2D eigenvalue weighted by Gasteiger charge is -2.05. The van der Waals surface area contributed by atoms with Gasteiger partial charge in [0.25, 0.3) is 0 Å². The molecule has 7 nitrogen and oxygen atoms in total. The lowest BCUT2D eigenvalue weighted by atomic mass is 10.1. The maximum Gasteiger partial charge on any atom is 0.334 e. The summed E-state index contributed by atoms with van der Waals surface area (Å²) in [5, 5.41) is 18.3. The lowest BCUT2D eigenvalue weighted by Crippen LogP contribution is -2.14. The van der Waals surface area contributed by atoms with E-state index in [9.17, 15) is 14.3 Å². The number of aryl methyl sites for hydroxylation is 1. The maximum atomic E-state index is 11.3. The summed E-state index contributed by atoms with van der Waals surface area (Å²) < 4.78 is 12.8. The summed E-state index contributed by atoms with van der Waals surface area (Å²) in [5.74, 6) is 1.41. The Bertz CT molecular complexity index is 485. The fraction of sp³-hybridized carbons (Fsp3) is 0.727. The van der Waals surface area contributed by atoms with E-state index in [2.05, 4.69) is 10.4 Å². The van der Waals surface area contributed by atoms with Gasteiger partial charge in [0.05, 0.1) is 4.92 Å². The Kier molecular flexibility index (Phi) is 5.46. The predicted molar refractivity (Wildman–Crippen MR) is 76.0 cm³/mol. The molecule has 0 aliphatic carbocycles. The van der Waals surface area contributed by atoms with Gasteiger partial charge < -0.3 is 5.32 Å². The van der Waals surface area contributed by atoms with Crippen molar-refractivity contribution in [1.82, 2.24) is 9.78 Å². The van der Waals surface area contributed by atoms with E-state index >= 15 is 0 Å². The molecule has 1 N–H and O–H groups in total. The molecule has 0 saturated carbocycles. The van der Waals surface area contributed by atoms with Crippen LogP contribution in [-0.2, 0) is 17.8 Å². The summed E-state index contributed by atoms with van der Waals surface area (Å²) in [4.78, 5) is 10.8. The van der Waals surface area contributed by atoms with Gasteiger partial charge in [-0.1, -0.05) is 20.8 Å². The molecule has 8 heteroatoms. The van der Waals surface area contributed by atoms with Crippen LogP contribution in [0.3, 0.4) is 0 Å². The lowest BCUT2D eigenvalue weighted by molar-refractivity contribution is -0.384. The molecule has 0 aliphatic rings. The summed E-state index contributed by atoms with van der Waals surface area (Å²) in [6, 6.07) is 0. The molecule has 1 atom stereocenters. The highest BCUT2D eigenvalue weighted by Crippen LogP contribution is 2.32. The van der Waals surface area contributed by atoms with Crippen LogP contribution >= 0.6 is 0 Å². The molecule has 1 aromatic heterocycles. The highest BCUT2D eigenvalue weighted by atomic mass is 32.2. The van der Waals surface area contributed by atoms with E-state index in [-0.39, 0.29) is 11.6 Å². The standard InChI is InChI=1S/C11H20N4O3S/c1-5-19(18)7-6-12-11-10(15(16)17)9(8(2)3)13-14(11)4/h8,12H,5-7H2,1-4H3. The molecule has 0 saturated heterocycles. The van der Waals surface area contributed by atoms with Crippen LogP contribution in [0.4, 0.5) is 11.5 Å². The van der Waals surface area contributed by atoms with Gasteiger partial charge in [-0.05, 0) is 0 Å². The fourth-order valence-corrected chi connectivity index (χ4v) is 2.35. The van der Waals surface area contributed by atoms with Gasteiger partial charge in [0, 0.05) is 41.8 Å². The van der Waals surface area contributed by atoms with Crippen LogP contribution in [0.1, 0.15) is 32.4 Å². The molecule has 0 spiro atoms. The van der Waals surface area contributed by atoms with E-state index in [4.69, 9.17) is 0 Å². The van der Waals surface area contributed by atoms with Crippen LogP contribution in [0.2, 0.25) is 0 Å². The molecule has 1 unspecified atom stereocenters. The molecule has 1 aromatic rings. The summed E-state index contributed by atoms with van der Waals surface area (Å²) in [6.45, 7) is 6.01. The second-order valence-electron chi connectivity index (χ2n) is 4.48. The number of aromatic nitrogens is 2. The second-order valence-corrected chi connectivity index (χ2v) is 6.34. The molecule has 0 fully saturated rings. The summed E-state index contributed by atoms with van der Waals surface area (Å²) >= 11 is 0. The van der Waals surface area contributed by atoms with Crippen molar-refractivity contribution in [2.24, 2.45) is 7.05 Å². The van der Waals surface area contributed by atoms with E-state index in [1.54, 1.807) is 7.05 Å². The minimum Gasteiger partial charge on any atom is -0.364 e. The molecular weight excluding hydrogens is 268 g/mol. The smallest absolute Gasteiger partial charge is 0.334 e. The Balaban J connectivity index is 2.93. The topological polar surface area (TPSA) is 90.1 Å². The Morgan fingerprint density at radius 1 is 1.53 bits per heavy atom. The summed E-state index contributed by atoms with van der Waals surface area (Å²) in [7, 11) is 0.776. The molecule has 0 amide bonds. The third kappa shape index (κ3) is 3.76. The minimum atomic E-state index is -0.889. The van der Waals surface area contributed by atoms with Crippen molar-refractivity contribution in [2.45, 2.75) is 26.7 Å². The SMILES string of the molecule is CCS(=O)CCNc1c([N+](=O)[O-])c(C(C)C)nn1C. The fourth-order valence-electron chi connectivity index (χ4n) is 1.73. The van der Waals surface area contributed by atoms with Gasteiger partial charge in [0.2, 0.25) is 5.82 Å². The summed E-state index contributed by atoms with van der Waals surface area (Å²) in [6.07, 6.45) is 0. The van der Waals surface area contributed by atoms with Gasteiger partial charge >= 0.3 is 5.69 Å². The molecule has 0 aromatic carbocycles. The largest absolute Gasteiger partial charge is 0.364 e. The molecule has 19 heavy (non-hydrogen) atoms. The highest BCUT2D eigenvalue weighted by Gasteiger charge is 2.28. The van der Waals surface area contributed by atoms with Crippen molar-refractivity contribution >= 4 is 22.3 Å². The van der Waals surface area contributed by atoms with E-state index < -0.39 is 15.7 Å². The van der Waals surface area contributed by atoms with E-state index in [1.165, 1.54) is 4.68 Å². The number of nitrogens with zero attached hydrogens (tertiary/aromatic N) is 3. The van der Waals surface area contributed by atoms with Crippen LogP contribution in [-0.4, -0.2) is 37.0 Å². The molecule has 0 radical (unpaired) electrons. The van der Waals surface area contributed by atoms with Gasteiger partial charge in [-0.25, -0.2) is 4.68 Å². The third-order valence-electron chi connectivity index (χ3n) is 2.72. The molecule has 1 rings (SSSR count). The van der Waals surface area contributed by atoms with Crippen molar-refractivity contribution in [3.05, 3.63) is 15.8 Å². The Labute approximate surface area is 115 Å². The normalized spacial score (nSPS) is 12.7. The van der Waals surface area contributed by atoms with Crippen LogP contribution in [0.25, 0.3) is 0 Å². The number of hydrogen-bond acceptors (Lipinski definition) is 5. The Morgan fingerprint density at radius 3 is 2.63 bits per heavy atom. The van der Waals surface area contributed by atoms with Crippen molar-refractivity contribution in [3.63, 3.8) is 0 Å². The number of nitro groups is 1. The number of rotatable bonds is 7. The third-order valence-corrected chi connectivity index (χ3v) is 4.03. The highest BCUT2D eigenvalue weighted by molar-refractivity contribution is 7.84. The van der Waals surface area contributed by atoms with Crippen LogP contribution < -0.4 is 5.32 Å². The maximum absolute atomic E-state index is 11.3. The molecule has 1 heterocycles. The zero-order valence-corrected chi connectivity index (χ0v) is 12.5. The van der Waals surface area contributed by atoms with Crippen molar-refractivity contribution < 1.29 is 9.13 Å². The number of nitrogens with one attached hydrogen (secondary N) is 1. The molecular formula is C11H20N4O3S. The second kappa shape index (κ2) is 6.65. The van der Waals surface area contributed by atoms with Gasteiger partial charge in [0.15, 0.2) is 0 Å². The monoisotopic (exact) mass is 288 g/mol. The molecule has 0 bridgehead atoms.